The highest BCUT2D eigenvalue weighted by Gasteiger charge is 2.46. The molecule has 0 aromatic heterocycles. The topological polar surface area (TPSA) is 224 Å². The second-order valence-corrected chi connectivity index (χ2v) is 8.25. The van der Waals surface area contributed by atoms with Crippen LogP contribution in [0.1, 0.15) is 33.6 Å². The Hall–Kier alpha value is -2.36. The van der Waals surface area contributed by atoms with Crippen LogP contribution < -0.4 is 16.8 Å². The SMILES string of the molecule is CC(=O)N[C@@H]1[C@@H](OC(C)COC(=O)CC[C@H](C(N)=O)N(C)C(=O)[C@H](C)N)[C@H](O)[C@@H](CO)O[C@@H]1O. The van der Waals surface area contributed by atoms with Crippen LogP contribution in [0.25, 0.3) is 0 Å². The minimum Gasteiger partial charge on any atom is -0.463 e. The molecule has 0 aromatic carbocycles. The molecule has 1 heterocycles. The third-order valence-corrected chi connectivity index (χ3v) is 5.27. The maximum Gasteiger partial charge on any atom is 0.305 e. The molecule has 0 aliphatic carbocycles. The van der Waals surface area contributed by atoms with Crippen molar-refractivity contribution in [2.24, 2.45) is 11.5 Å². The first-order chi connectivity index (χ1) is 15.8. The molecule has 1 fully saturated rings. The quantitative estimate of drug-likeness (QED) is 0.145. The standard InChI is InChI=1S/C20H36N4O10/c1-9(33-17-15(23-11(3)26)20(31)34-13(7-25)16(17)28)8-32-14(27)6-5-12(18(22)29)24(4)19(30)10(2)21/h9-10,12-13,15-17,20,25,28,31H,5-8,21H2,1-4H3,(H2,22,29)(H,23,26)/t9?,10-,12+,13+,15+,16+,17+,20-/m0/s1. The van der Waals surface area contributed by atoms with Crippen molar-refractivity contribution >= 4 is 23.7 Å². The average Bonchev–Trinajstić information content (AvgIpc) is 2.75. The third kappa shape index (κ3) is 8.45. The minimum absolute atomic E-state index is 0.0774. The van der Waals surface area contributed by atoms with Gasteiger partial charge >= 0.3 is 5.97 Å². The summed E-state index contributed by atoms with van der Waals surface area (Å²) in [5.74, 6) is -2.50. The molecule has 0 bridgehead atoms. The average molecular weight is 493 g/mol. The van der Waals surface area contributed by atoms with Crippen molar-refractivity contribution in [1.82, 2.24) is 10.2 Å². The minimum atomic E-state index is -1.55. The van der Waals surface area contributed by atoms with Gasteiger partial charge in [-0.1, -0.05) is 0 Å². The lowest BCUT2D eigenvalue weighted by molar-refractivity contribution is -0.269. The molecule has 0 aromatic rings. The zero-order valence-electron chi connectivity index (χ0n) is 19.7. The molecule has 14 nitrogen and oxygen atoms in total. The van der Waals surface area contributed by atoms with Gasteiger partial charge in [0.1, 0.15) is 37.0 Å². The zero-order valence-corrected chi connectivity index (χ0v) is 19.7. The van der Waals surface area contributed by atoms with Crippen LogP contribution >= 0.6 is 0 Å². The number of ether oxygens (including phenoxy) is 3. The van der Waals surface area contributed by atoms with Crippen LogP contribution in [0.5, 0.6) is 0 Å². The Balaban J connectivity index is 2.67. The van der Waals surface area contributed by atoms with Crippen LogP contribution in [0, 0.1) is 0 Å². The number of likely N-dealkylation sites (N-methyl/N-ethyl adjacent to an activating group) is 1. The number of esters is 1. The van der Waals surface area contributed by atoms with Crippen LogP contribution in [-0.2, 0) is 33.4 Å². The number of hydrogen-bond donors (Lipinski definition) is 6. The van der Waals surface area contributed by atoms with Gasteiger partial charge in [-0.25, -0.2) is 0 Å². The number of aliphatic hydroxyl groups is 3. The third-order valence-electron chi connectivity index (χ3n) is 5.27. The normalized spacial score (nSPS) is 27.2. The molecule has 8 N–H and O–H groups in total. The van der Waals surface area contributed by atoms with E-state index < -0.39 is 79.1 Å². The van der Waals surface area contributed by atoms with E-state index in [1.807, 2.05) is 0 Å². The largest absolute Gasteiger partial charge is 0.463 e. The molecule has 3 amide bonds. The predicted molar refractivity (Wildman–Crippen MR) is 116 cm³/mol. The lowest BCUT2D eigenvalue weighted by Gasteiger charge is -2.43. The smallest absolute Gasteiger partial charge is 0.305 e. The van der Waals surface area contributed by atoms with Crippen LogP contribution in [0.2, 0.25) is 0 Å². The molecular formula is C20H36N4O10. The van der Waals surface area contributed by atoms with Gasteiger partial charge in [0.25, 0.3) is 0 Å². The van der Waals surface area contributed by atoms with E-state index in [0.717, 1.165) is 4.90 Å². The molecule has 1 saturated heterocycles. The Morgan fingerprint density at radius 3 is 2.32 bits per heavy atom. The zero-order chi connectivity index (χ0) is 26.2. The van der Waals surface area contributed by atoms with E-state index >= 15 is 0 Å². The highest BCUT2D eigenvalue weighted by Crippen LogP contribution is 2.23. The first-order valence-corrected chi connectivity index (χ1v) is 10.8. The van der Waals surface area contributed by atoms with Gasteiger partial charge in [-0.15, -0.1) is 0 Å². The van der Waals surface area contributed by atoms with E-state index in [1.54, 1.807) is 0 Å². The molecule has 8 atom stereocenters. The Kier molecular flexibility index (Phi) is 11.8. The number of amides is 3. The van der Waals surface area contributed by atoms with Gasteiger partial charge in [0.2, 0.25) is 17.7 Å². The molecular weight excluding hydrogens is 456 g/mol. The van der Waals surface area contributed by atoms with Crippen molar-refractivity contribution in [2.45, 2.75) is 82.4 Å². The number of nitrogens with zero attached hydrogens (tertiary/aromatic N) is 1. The number of primary amides is 1. The Bertz CT molecular complexity index is 721. The van der Waals surface area contributed by atoms with Crippen molar-refractivity contribution in [3.63, 3.8) is 0 Å². The van der Waals surface area contributed by atoms with Gasteiger partial charge in [0, 0.05) is 20.4 Å². The first-order valence-electron chi connectivity index (χ1n) is 10.8. The van der Waals surface area contributed by atoms with E-state index in [2.05, 4.69) is 5.32 Å². The summed E-state index contributed by atoms with van der Waals surface area (Å²) in [5.41, 5.74) is 10.9. The molecule has 0 saturated carbocycles. The predicted octanol–water partition coefficient (Wildman–Crippen LogP) is -3.68. The van der Waals surface area contributed by atoms with Gasteiger partial charge in [-0.05, 0) is 20.3 Å². The number of nitrogens with one attached hydrogen (secondary N) is 1. The fraction of sp³-hybridized carbons (Fsp3) is 0.800. The highest BCUT2D eigenvalue weighted by molar-refractivity contribution is 5.88. The van der Waals surface area contributed by atoms with Crippen LogP contribution in [0.15, 0.2) is 0 Å². The number of hydrogen-bond acceptors (Lipinski definition) is 11. The molecule has 1 aliphatic rings. The van der Waals surface area contributed by atoms with Gasteiger partial charge in [0.15, 0.2) is 6.29 Å². The highest BCUT2D eigenvalue weighted by atomic mass is 16.6. The summed E-state index contributed by atoms with van der Waals surface area (Å²) in [6, 6.07) is -3.03. The summed E-state index contributed by atoms with van der Waals surface area (Å²) in [7, 11) is 1.36. The summed E-state index contributed by atoms with van der Waals surface area (Å²) < 4.78 is 15.9. The fourth-order valence-corrected chi connectivity index (χ4v) is 3.48. The van der Waals surface area contributed by atoms with E-state index in [1.165, 1.54) is 27.8 Å². The number of carbonyl (C=O) groups is 4. The second-order valence-electron chi connectivity index (χ2n) is 8.25. The number of carbonyl (C=O) groups excluding carboxylic acids is 4. The van der Waals surface area contributed by atoms with Crippen molar-refractivity contribution in [2.75, 3.05) is 20.3 Å². The summed E-state index contributed by atoms with van der Waals surface area (Å²) in [6.45, 7) is 3.33. The van der Waals surface area contributed by atoms with Crippen molar-refractivity contribution in [1.29, 1.82) is 0 Å². The Morgan fingerprint density at radius 1 is 1.21 bits per heavy atom. The first kappa shape index (κ1) is 29.7. The lowest BCUT2D eigenvalue weighted by atomic mass is 9.96. The van der Waals surface area contributed by atoms with Crippen LogP contribution in [0.3, 0.4) is 0 Å². The molecule has 0 spiro atoms. The van der Waals surface area contributed by atoms with Crippen LogP contribution in [-0.4, -0.2) is 113 Å². The van der Waals surface area contributed by atoms with E-state index in [-0.39, 0.29) is 19.4 Å². The Morgan fingerprint density at radius 2 is 1.82 bits per heavy atom. The van der Waals surface area contributed by atoms with Gasteiger partial charge < -0.3 is 51.2 Å². The number of nitrogens with two attached hydrogens (primary N) is 2. The Labute approximate surface area is 197 Å². The summed E-state index contributed by atoms with van der Waals surface area (Å²) in [5, 5.41) is 32.3. The molecule has 1 aliphatic heterocycles. The van der Waals surface area contributed by atoms with E-state index in [4.69, 9.17) is 25.7 Å². The van der Waals surface area contributed by atoms with Crippen molar-refractivity contribution < 1.29 is 48.7 Å². The van der Waals surface area contributed by atoms with Crippen molar-refractivity contribution in [3.05, 3.63) is 0 Å². The maximum absolute atomic E-state index is 12.2. The summed E-state index contributed by atoms with van der Waals surface area (Å²) in [6.07, 6.45) is -6.36. The van der Waals surface area contributed by atoms with E-state index in [9.17, 15) is 34.5 Å². The lowest BCUT2D eigenvalue weighted by Crippen LogP contribution is -2.65. The fourth-order valence-electron chi connectivity index (χ4n) is 3.48. The second kappa shape index (κ2) is 13.5. The van der Waals surface area contributed by atoms with Gasteiger partial charge in [-0.2, -0.15) is 0 Å². The molecule has 0 radical (unpaired) electrons. The molecule has 34 heavy (non-hydrogen) atoms. The summed E-state index contributed by atoms with van der Waals surface area (Å²) >= 11 is 0. The van der Waals surface area contributed by atoms with Gasteiger partial charge in [0.05, 0.1) is 18.8 Å². The molecule has 196 valence electrons. The molecule has 1 unspecified atom stereocenters. The number of rotatable bonds is 12. The van der Waals surface area contributed by atoms with Crippen molar-refractivity contribution in [3.8, 4) is 0 Å². The number of aliphatic hydroxyl groups excluding tert-OH is 3. The monoisotopic (exact) mass is 492 g/mol. The molecule has 1 rings (SSSR count). The van der Waals surface area contributed by atoms with E-state index in [0.29, 0.717) is 0 Å². The van der Waals surface area contributed by atoms with Gasteiger partial charge in [-0.3, -0.25) is 19.2 Å². The molecule has 14 heteroatoms. The summed E-state index contributed by atoms with van der Waals surface area (Å²) in [4.78, 5) is 48.4. The van der Waals surface area contributed by atoms with Crippen LogP contribution in [0.4, 0.5) is 0 Å². The maximum atomic E-state index is 12.2.